The Morgan fingerprint density at radius 1 is 1.11 bits per heavy atom. The monoisotopic (exact) mass is 360 g/mol. The number of likely N-dealkylation sites (tertiary alicyclic amines) is 1. The van der Waals surface area contributed by atoms with Gasteiger partial charge in [-0.25, -0.2) is 0 Å². The maximum absolute atomic E-state index is 9.44. The third-order valence-electron chi connectivity index (χ3n) is 5.01. The van der Waals surface area contributed by atoms with Gasteiger partial charge in [-0.1, -0.05) is 6.42 Å². The number of rotatable bonds is 6. The first-order valence-electron chi connectivity index (χ1n) is 9.32. The molecule has 1 saturated heterocycles. The van der Waals surface area contributed by atoms with Gasteiger partial charge in [0.2, 0.25) is 0 Å². The van der Waals surface area contributed by atoms with Crippen molar-refractivity contribution in [2.75, 3.05) is 20.1 Å². The van der Waals surface area contributed by atoms with Gasteiger partial charge in [-0.2, -0.15) is 10.5 Å². The van der Waals surface area contributed by atoms with Gasteiger partial charge in [0.05, 0.1) is 23.5 Å². The van der Waals surface area contributed by atoms with Gasteiger partial charge in [0.25, 0.3) is 0 Å². The van der Waals surface area contributed by atoms with Crippen molar-refractivity contribution in [3.8, 4) is 12.1 Å². The smallest absolute Gasteiger partial charge is 0.176 e. The highest BCUT2D eigenvalue weighted by Crippen LogP contribution is 2.22. The molecule has 27 heavy (non-hydrogen) atoms. The van der Waals surface area contributed by atoms with Crippen LogP contribution < -0.4 is 0 Å². The minimum absolute atomic E-state index is 0.547. The maximum atomic E-state index is 9.44. The molecule has 0 aromatic carbocycles. The van der Waals surface area contributed by atoms with Crippen molar-refractivity contribution >= 4 is 5.71 Å². The van der Waals surface area contributed by atoms with E-state index in [0.29, 0.717) is 12.3 Å². The predicted octanol–water partition coefficient (Wildman–Crippen LogP) is 3.00. The van der Waals surface area contributed by atoms with Crippen LogP contribution in [0.2, 0.25) is 0 Å². The lowest BCUT2D eigenvalue weighted by molar-refractivity contribution is 0.221. The van der Waals surface area contributed by atoms with Crippen LogP contribution in [0.3, 0.4) is 0 Å². The summed E-state index contributed by atoms with van der Waals surface area (Å²) in [5, 5.41) is 18.9. The second-order valence-electron chi connectivity index (χ2n) is 6.81. The molecule has 2 aromatic rings. The summed E-state index contributed by atoms with van der Waals surface area (Å²) in [5.74, 6) is -0.874. The second-order valence-corrected chi connectivity index (χ2v) is 6.81. The highest BCUT2D eigenvalue weighted by atomic mass is 15.1. The van der Waals surface area contributed by atoms with E-state index >= 15 is 0 Å². The summed E-state index contributed by atoms with van der Waals surface area (Å²) in [4.78, 5) is 10.9. The van der Waals surface area contributed by atoms with Crippen LogP contribution in [-0.2, 0) is 13.1 Å². The lowest BCUT2D eigenvalue weighted by Crippen LogP contribution is -2.30. The molecule has 1 aliphatic heterocycles. The van der Waals surface area contributed by atoms with Gasteiger partial charge in [-0.3, -0.25) is 14.9 Å². The summed E-state index contributed by atoms with van der Waals surface area (Å²) in [7, 11) is 1.66. The molecule has 0 saturated carbocycles. The molecule has 0 bridgehead atoms. The van der Waals surface area contributed by atoms with Gasteiger partial charge < -0.3 is 4.57 Å². The molecule has 0 atom stereocenters. The van der Waals surface area contributed by atoms with E-state index in [4.69, 9.17) is 0 Å². The average molecular weight is 360 g/mol. The second kappa shape index (κ2) is 9.12. The number of nitriles is 2. The van der Waals surface area contributed by atoms with Gasteiger partial charge >= 0.3 is 0 Å². The van der Waals surface area contributed by atoms with Crippen LogP contribution in [0.25, 0.3) is 0 Å². The number of aliphatic imine (C=N–C) groups is 1. The zero-order valence-electron chi connectivity index (χ0n) is 15.7. The first-order chi connectivity index (χ1) is 13.3. The first kappa shape index (κ1) is 18.8. The third kappa shape index (κ3) is 4.42. The fourth-order valence-electron chi connectivity index (χ4n) is 3.66. The van der Waals surface area contributed by atoms with Crippen molar-refractivity contribution in [3.05, 3.63) is 53.6 Å². The molecule has 1 fully saturated rings. The molecule has 0 unspecified atom stereocenters. The molecule has 0 aliphatic carbocycles. The molecule has 3 rings (SSSR count). The van der Waals surface area contributed by atoms with Crippen molar-refractivity contribution in [2.24, 2.45) is 10.9 Å². The molecule has 0 spiro atoms. The van der Waals surface area contributed by atoms with E-state index in [9.17, 15) is 10.5 Å². The number of nitrogens with zero attached hydrogens (tertiary/aromatic N) is 6. The lowest BCUT2D eigenvalue weighted by Gasteiger charge is -2.27. The zero-order chi connectivity index (χ0) is 19.1. The Morgan fingerprint density at radius 3 is 2.44 bits per heavy atom. The van der Waals surface area contributed by atoms with Gasteiger partial charge in [0.1, 0.15) is 0 Å². The fourth-order valence-corrected chi connectivity index (χ4v) is 3.66. The minimum atomic E-state index is -0.874. The maximum Gasteiger partial charge on any atom is 0.176 e. The zero-order valence-corrected chi connectivity index (χ0v) is 15.7. The minimum Gasteiger partial charge on any atom is -0.342 e. The SMILES string of the molecule is CN=C(c1c(CN2CCCCC2)ccn1Cc1ccncc1)C(C#N)C#N. The molecule has 0 amide bonds. The van der Waals surface area contributed by atoms with E-state index in [1.165, 1.54) is 19.3 Å². The van der Waals surface area contributed by atoms with Crippen molar-refractivity contribution in [1.29, 1.82) is 10.5 Å². The van der Waals surface area contributed by atoms with E-state index in [1.54, 1.807) is 19.4 Å². The molecule has 3 heterocycles. The Morgan fingerprint density at radius 2 is 1.81 bits per heavy atom. The van der Waals surface area contributed by atoms with Crippen molar-refractivity contribution < 1.29 is 0 Å². The van der Waals surface area contributed by atoms with E-state index in [0.717, 1.165) is 36.5 Å². The Kier molecular flexibility index (Phi) is 6.35. The Hall–Kier alpha value is -2.96. The topological polar surface area (TPSA) is 81.0 Å². The van der Waals surface area contributed by atoms with Gasteiger partial charge in [0.15, 0.2) is 5.92 Å². The van der Waals surface area contributed by atoms with E-state index in [2.05, 4.69) is 37.6 Å². The average Bonchev–Trinajstić information content (AvgIpc) is 3.09. The van der Waals surface area contributed by atoms with E-state index < -0.39 is 5.92 Å². The molecule has 6 heteroatoms. The summed E-state index contributed by atoms with van der Waals surface area (Å²) < 4.78 is 2.10. The van der Waals surface area contributed by atoms with Crippen LogP contribution in [0.1, 0.15) is 36.1 Å². The highest BCUT2D eigenvalue weighted by molar-refractivity contribution is 6.05. The Balaban J connectivity index is 1.98. The molecule has 2 aromatic heterocycles. The Labute approximate surface area is 160 Å². The molecular formula is C21H24N6. The van der Waals surface area contributed by atoms with Crippen molar-refractivity contribution in [1.82, 2.24) is 14.5 Å². The summed E-state index contributed by atoms with van der Waals surface area (Å²) in [6, 6.07) is 10.2. The predicted molar refractivity (Wildman–Crippen MR) is 104 cm³/mol. The van der Waals surface area contributed by atoms with Crippen LogP contribution in [0, 0.1) is 28.6 Å². The molecule has 0 radical (unpaired) electrons. The largest absolute Gasteiger partial charge is 0.342 e. The fraction of sp³-hybridized carbons (Fsp3) is 0.429. The van der Waals surface area contributed by atoms with Crippen LogP contribution >= 0.6 is 0 Å². The third-order valence-corrected chi connectivity index (χ3v) is 5.01. The van der Waals surface area contributed by atoms with Crippen LogP contribution in [0.4, 0.5) is 0 Å². The summed E-state index contributed by atoms with van der Waals surface area (Å²) >= 11 is 0. The standard InChI is InChI=1S/C21H24N6/c1-24-20(19(13-22)14-23)21-18(16-26-10-3-2-4-11-26)7-12-27(21)15-17-5-8-25-9-6-17/h5-9,12,19H,2-4,10-11,15-16H2,1H3. The number of piperidine rings is 1. The molecule has 6 nitrogen and oxygen atoms in total. The quantitative estimate of drug-likeness (QED) is 0.742. The van der Waals surface area contributed by atoms with Gasteiger partial charge in [-0.05, 0) is 55.3 Å². The Bertz CT molecular complexity index is 848. The van der Waals surface area contributed by atoms with Crippen molar-refractivity contribution in [2.45, 2.75) is 32.4 Å². The number of hydrogen-bond donors (Lipinski definition) is 0. The molecular weight excluding hydrogens is 336 g/mol. The number of aromatic nitrogens is 2. The highest BCUT2D eigenvalue weighted by Gasteiger charge is 2.24. The lowest BCUT2D eigenvalue weighted by atomic mass is 9.99. The van der Waals surface area contributed by atoms with E-state index in [1.807, 2.05) is 18.3 Å². The van der Waals surface area contributed by atoms with Gasteiger partial charge in [-0.15, -0.1) is 0 Å². The summed E-state index contributed by atoms with van der Waals surface area (Å²) in [5.41, 5.74) is 3.69. The van der Waals surface area contributed by atoms with E-state index in [-0.39, 0.29) is 0 Å². The van der Waals surface area contributed by atoms with Crippen LogP contribution in [0.15, 0.2) is 41.8 Å². The normalized spacial score (nSPS) is 15.5. The first-order valence-corrected chi connectivity index (χ1v) is 9.32. The molecule has 0 N–H and O–H groups in total. The number of pyridine rings is 1. The van der Waals surface area contributed by atoms with Crippen molar-refractivity contribution in [3.63, 3.8) is 0 Å². The number of hydrogen-bond acceptors (Lipinski definition) is 5. The molecule has 1 aliphatic rings. The molecule has 138 valence electrons. The summed E-state index contributed by atoms with van der Waals surface area (Å²) in [6.07, 6.45) is 9.32. The van der Waals surface area contributed by atoms with Gasteiger partial charge in [0, 0.05) is 38.7 Å². The summed E-state index contributed by atoms with van der Waals surface area (Å²) in [6.45, 7) is 3.66. The van der Waals surface area contributed by atoms with Crippen LogP contribution in [-0.4, -0.2) is 40.3 Å². The van der Waals surface area contributed by atoms with Crippen LogP contribution in [0.5, 0.6) is 0 Å².